The van der Waals surface area contributed by atoms with Crippen molar-refractivity contribution in [3.05, 3.63) is 28.7 Å². The van der Waals surface area contributed by atoms with E-state index in [1.54, 1.807) is 0 Å². The van der Waals surface area contributed by atoms with Crippen LogP contribution < -0.4 is 0 Å². The lowest BCUT2D eigenvalue weighted by Crippen LogP contribution is -2.07. The maximum absolute atomic E-state index is 9.33. The molecule has 1 aliphatic rings. The van der Waals surface area contributed by atoms with E-state index in [1.807, 2.05) is 24.6 Å². The number of aryl methyl sites for hydroxylation is 3. The Bertz CT molecular complexity index is 698. The topological polar surface area (TPSA) is 67.4 Å². The highest BCUT2D eigenvalue weighted by Gasteiger charge is 2.17. The largest absolute Gasteiger partial charge is 0.309 e. The first-order valence-electron chi connectivity index (χ1n) is 6.66. The van der Waals surface area contributed by atoms with E-state index >= 15 is 0 Å². The second-order valence-electron chi connectivity index (χ2n) is 4.96. The molecule has 0 saturated heterocycles. The molecule has 0 saturated carbocycles. The van der Waals surface area contributed by atoms with E-state index in [1.165, 1.54) is 30.2 Å². The minimum Gasteiger partial charge on any atom is -0.309 e. The zero-order chi connectivity index (χ0) is 14.1. The van der Waals surface area contributed by atoms with E-state index in [4.69, 9.17) is 0 Å². The molecule has 2 aromatic rings. The fourth-order valence-electron chi connectivity index (χ4n) is 2.34. The fourth-order valence-corrected chi connectivity index (χ4v) is 3.23. The molecule has 0 spiro atoms. The molecule has 0 atom stereocenters. The molecule has 2 aromatic heterocycles. The van der Waals surface area contributed by atoms with Crippen LogP contribution in [0.4, 0.5) is 0 Å². The molecule has 0 N–H and O–H groups in total. The van der Waals surface area contributed by atoms with Crippen LogP contribution in [-0.2, 0) is 19.9 Å². The van der Waals surface area contributed by atoms with Crippen LogP contribution in [0.25, 0.3) is 0 Å². The van der Waals surface area contributed by atoms with Gasteiger partial charge >= 0.3 is 0 Å². The summed E-state index contributed by atoms with van der Waals surface area (Å²) in [7, 11) is 1.92. The van der Waals surface area contributed by atoms with Gasteiger partial charge in [-0.1, -0.05) is 0 Å². The van der Waals surface area contributed by atoms with Crippen LogP contribution >= 0.6 is 11.8 Å². The molecule has 0 radical (unpaired) electrons. The first kappa shape index (κ1) is 13.1. The lowest BCUT2D eigenvalue weighted by molar-refractivity contribution is 0.659. The van der Waals surface area contributed by atoms with E-state index in [2.05, 4.69) is 21.3 Å². The van der Waals surface area contributed by atoms with Gasteiger partial charge in [0.1, 0.15) is 16.9 Å². The highest BCUT2D eigenvalue weighted by atomic mass is 32.2. The Balaban J connectivity index is 2.00. The first-order valence-corrected chi connectivity index (χ1v) is 7.47. The highest BCUT2D eigenvalue weighted by molar-refractivity contribution is 7.99. The third-order valence-corrected chi connectivity index (χ3v) is 4.67. The van der Waals surface area contributed by atoms with Crippen LogP contribution in [0.15, 0.2) is 16.2 Å². The number of hydrogen-bond acceptors (Lipinski definition) is 5. The molecule has 102 valence electrons. The van der Waals surface area contributed by atoms with E-state index in [-0.39, 0.29) is 0 Å². The van der Waals surface area contributed by atoms with Crippen LogP contribution in [0, 0.1) is 18.3 Å². The molecule has 20 heavy (non-hydrogen) atoms. The Labute approximate surface area is 122 Å². The van der Waals surface area contributed by atoms with Gasteiger partial charge in [0.25, 0.3) is 0 Å². The van der Waals surface area contributed by atoms with Gasteiger partial charge in [-0.3, -0.25) is 0 Å². The Kier molecular flexibility index (Phi) is 3.45. The third-order valence-electron chi connectivity index (χ3n) is 3.63. The Morgan fingerprint density at radius 2 is 2.10 bits per heavy atom. The standard InChI is InChI=1S/C14H15N5S/c1-9-17-18-14(19(9)2)20-13-11(8-15)7-10-5-3-4-6-12(10)16-13/h7H,3-6H2,1-2H3. The molecule has 5 nitrogen and oxygen atoms in total. The third kappa shape index (κ3) is 2.29. The second kappa shape index (κ2) is 5.25. The number of pyridine rings is 1. The monoisotopic (exact) mass is 285 g/mol. The van der Waals surface area contributed by atoms with Gasteiger partial charge in [0, 0.05) is 12.7 Å². The predicted octanol–water partition coefficient (Wildman–Crippen LogP) is 2.42. The zero-order valence-electron chi connectivity index (χ0n) is 11.6. The number of hydrogen-bond donors (Lipinski definition) is 0. The van der Waals surface area contributed by atoms with Gasteiger partial charge in [0.15, 0.2) is 5.16 Å². The van der Waals surface area contributed by atoms with Crippen molar-refractivity contribution in [2.75, 3.05) is 0 Å². The van der Waals surface area contributed by atoms with Gasteiger partial charge in [-0.2, -0.15) is 5.26 Å². The Morgan fingerprint density at radius 1 is 1.30 bits per heavy atom. The van der Waals surface area contributed by atoms with Crippen molar-refractivity contribution in [2.45, 2.75) is 42.8 Å². The highest BCUT2D eigenvalue weighted by Crippen LogP contribution is 2.31. The van der Waals surface area contributed by atoms with Gasteiger partial charge < -0.3 is 4.57 Å². The summed E-state index contributed by atoms with van der Waals surface area (Å²) in [5, 5.41) is 19.0. The molecule has 0 aromatic carbocycles. The quantitative estimate of drug-likeness (QED) is 0.847. The van der Waals surface area contributed by atoms with Crippen LogP contribution in [-0.4, -0.2) is 19.7 Å². The minimum absolute atomic E-state index is 0.635. The normalized spacial score (nSPS) is 13.8. The van der Waals surface area contributed by atoms with Gasteiger partial charge in [0.05, 0.1) is 5.56 Å². The van der Waals surface area contributed by atoms with Crippen molar-refractivity contribution in [2.24, 2.45) is 7.05 Å². The van der Waals surface area contributed by atoms with Crippen molar-refractivity contribution < 1.29 is 0 Å². The van der Waals surface area contributed by atoms with E-state index in [9.17, 15) is 5.26 Å². The minimum atomic E-state index is 0.635. The molecule has 0 bridgehead atoms. The maximum Gasteiger partial charge on any atom is 0.197 e. The van der Waals surface area contributed by atoms with Crippen molar-refractivity contribution in [3.63, 3.8) is 0 Å². The second-order valence-corrected chi connectivity index (χ2v) is 5.91. The molecule has 2 heterocycles. The van der Waals surface area contributed by atoms with Crippen molar-refractivity contribution in [3.8, 4) is 6.07 Å². The summed E-state index contributed by atoms with van der Waals surface area (Å²) >= 11 is 1.41. The Morgan fingerprint density at radius 3 is 2.80 bits per heavy atom. The molecular weight excluding hydrogens is 270 g/mol. The van der Waals surface area contributed by atoms with E-state index < -0.39 is 0 Å². The van der Waals surface area contributed by atoms with Crippen molar-refractivity contribution in [1.29, 1.82) is 5.26 Å². The van der Waals surface area contributed by atoms with Gasteiger partial charge in [0.2, 0.25) is 0 Å². The summed E-state index contributed by atoms with van der Waals surface area (Å²) in [4.78, 5) is 4.69. The molecule has 0 amide bonds. The number of aromatic nitrogens is 4. The number of nitrogens with zero attached hydrogens (tertiary/aromatic N) is 5. The van der Waals surface area contributed by atoms with Gasteiger partial charge in [-0.15, -0.1) is 10.2 Å². The summed E-state index contributed by atoms with van der Waals surface area (Å²) in [6, 6.07) is 4.24. The van der Waals surface area contributed by atoms with Crippen molar-refractivity contribution >= 4 is 11.8 Å². The molecular formula is C14H15N5S. The summed E-state index contributed by atoms with van der Waals surface area (Å²) in [5.74, 6) is 0.851. The SMILES string of the molecule is Cc1nnc(Sc2nc3c(cc2C#N)CCCC3)n1C. The summed E-state index contributed by atoms with van der Waals surface area (Å²) in [6.07, 6.45) is 4.41. The smallest absolute Gasteiger partial charge is 0.197 e. The maximum atomic E-state index is 9.33. The molecule has 0 fully saturated rings. The zero-order valence-corrected chi connectivity index (χ0v) is 12.4. The number of rotatable bonds is 2. The molecule has 0 unspecified atom stereocenters. The average molecular weight is 285 g/mol. The lowest BCUT2D eigenvalue weighted by atomic mass is 9.95. The predicted molar refractivity (Wildman–Crippen MR) is 75.5 cm³/mol. The summed E-state index contributed by atoms with van der Waals surface area (Å²) < 4.78 is 1.91. The number of fused-ring (bicyclic) bond motifs is 1. The van der Waals surface area contributed by atoms with E-state index in [0.29, 0.717) is 5.56 Å². The number of nitriles is 1. The van der Waals surface area contributed by atoms with E-state index in [0.717, 1.165) is 34.5 Å². The molecule has 0 aliphatic heterocycles. The Hall–Kier alpha value is -1.87. The van der Waals surface area contributed by atoms with Crippen LogP contribution in [0.5, 0.6) is 0 Å². The average Bonchev–Trinajstić information content (AvgIpc) is 2.78. The lowest BCUT2D eigenvalue weighted by Gasteiger charge is -2.16. The first-order chi connectivity index (χ1) is 9.69. The van der Waals surface area contributed by atoms with Crippen LogP contribution in [0.2, 0.25) is 0 Å². The molecule has 1 aliphatic carbocycles. The van der Waals surface area contributed by atoms with Crippen LogP contribution in [0.1, 0.15) is 35.5 Å². The summed E-state index contributed by atoms with van der Waals surface area (Å²) in [6.45, 7) is 1.91. The van der Waals surface area contributed by atoms with Crippen LogP contribution in [0.3, 0.4) is 0 Å². The van der Waals surface area contributed by atoms with Gasteiger partial charge in [-0.25, -0.2) is 4.98 Å². The fraction of sp³-hybridized carbons (Fsp3) is 0.429. The summed E-state index contributed by atoms with van der Waals surface area (Å²) in [5.41, 5.74) is 3.00. The van der Waals surface area contributed by atoms with Crippen molar-refractivity contribution in [1.82, 2.24) is 19.7 Å². The molecule has 3 rings (SSSR count). The molecule has 6 heteroatoms. The van der Waals surface area contributed by atoms with Gasteiger partial charge in [-0.05, 0) is 56.0 Å².